The average Bonchev–Trinajstić information content (AvgIpc) is 2.37. The molecule has 0 fully saturated rings. The Morgan fingerprint density at radius 3 is 2.30 bits per heavy atom. The van der Waals surface area contributed by atoms with E-state index >= 15 is 0 Å². The van der Waals surface area contributed by atoms with E-state index in [2.05, 4.69) is 0 Å². The van der Waals surface area contributed by atoms with E-state index in [0.717, 1.165) is 6.26 Å². The molecule has 0 saturated carbocycles. The van der Waals surface area contributed by atoms with Crippen molar-refractivity contribution in [1.82, 2.24) is 0 Å². The zero-order valence-electron chi connectivity index (χ0n) is 10.7. The van der Waals surface area contributed by atoms with Crippen LogP contribution in [0.5, 0.6) is 11.5 Å². The van der Waals surface area contributed by atoms with Crippen molar-refractivity contribution in [2.45, 2.75) is 11.5 Å². The van der Waals surface area contributed by atoms with Crippen LogP contribution in [0.2, 0.25) is 0 Å². The normalized spacial score (nSPS) is 11.3. The van der Waals surface area contributed by atoms with Gasteiger partial charge in [-0.1, -0.05) is 0 Å². The van der Waals surface area contributed by atoms with Crippen LogP contribution in [0.25, 0.3) is 0 Å². The van der Waals surface area contributed by atoms with E-state index < -0.39 is 15.7 Å². The molecule has 0 radical (unpaired) electrons. The topological polar surface area (TPSA) is 63.6 Å². The Labute approximate surface area is 116 Å². The van der Waals surface area contributed by atoms with Crippen LogP contribution in [0, 0.1) is 5.82 Å². The molecule has 20 heavy (non-hydrogen) atoms. The summed E-state index contributed by atoms with van der Waals surface area (Å²) in [5, 5.41) is 8.99. The fourth-order valence-corrected chi connectivity index (χ4v) is 2.29. The largest absolute Gasteiger partial charge is 0.457 e. The highest BCUT2D eigenvalue weighted by Crippen LogP contribution is 2.24. The third-order valence-electron chi connectivity index (χ3n) is 2.60. The molecule has 0 aliphatic heterocycles. The minimum atomic E-state index is -3.26. The van der Waals surface area contributed by atoms with Crippen LogP contribution >= 0.6 is 0 Å². The summed E-state index contributed by atoms with van der Waals surface area (Å²) in [5.74, 6) is 0.104. The van der Waals surface area contributed by atoms with Gasteiger partial charge in [0.15, 0.2) is 9.84 Å². The summed E-state index contributed by atoms with van der Waals surface area (Å²) in [5.41, 5.74) is 0.396. The maximum atomic E-state index is 13.3. The Kier molecular flexibility index (Phi) is 4.06. The molecular formula is C14H13FO4S. The molecule has 4 nitrogen and oxygen atoms in total. The lowest BCUT2D eigenvalue weighted by Crippen LogP contribution is -1.96. The van der Waals surface area contributed by atoms with E-state index in [4.69, 9.17) is 9.84 Å². The number of sulfone groups is 1. The molecule has 0 aliphatic carbocycles. The van der Waals surface area contributed by atoms with Crippen molar-refractivity contribution in [1.29, 1.82) is 0 Å². The Bertz CT molecular complexity index is 708. The van der Waals surface area contributed by atoms with E-state index in [1.165, 1.54) is 42.5 Å². The van der Waals surface area contributed by atoms with Gasteiger partial charge in [-0.2, -0.15) is 0 Å². The lowest BCUT2D eigenvalue weighted by Gasteiger charge is -2.08. The number of aliphatic hydroxyl groups excluding tert-OH is 1. The van der Waals surface area contributed by atoms with Gasteiger partial charge in [-0.15, -0.1) is 0 Å². The van der Waals surface area contributed by atoms with E-state index in [0.29, 0.717) is 11.3 Å². The van der Waals surface area contributed by atoms with Gasteiger partial charge in [0.05, 0.1) is 11.5 Å². The molecule has 6 heteroatoms. The second-order valence-corrected chi connectivity index (χ2v) is 6.31. The highest BCUT2D eigenvalue weighted by atomic mass is 32.2. The third-order valence-corrected chi connectivity index (χ3v) is 3.73. The van der Waals surface area contributed by atoms with Gasteiger partial charge in [-0.05, 0) is 42.0 Å². The van der Waals surface area contributed by atoms with Gasteiger partial charge in [0, 0.05) is 12.3 Å². The zero-order chi connectivity index (χ0) is 14.8. The Morgan fingerprint density at radius 2 is 1.75 bits per heavy atom. The molecule has 0 saturated heterocycles. The maximum Gasteiger partial charge on any atom is 0.175 e. The number of benzene rings is 2. The molecule has 2 aromatic rings. The third kappa shape index (κ3) is 3.55. The van der Waals surface area contributed by atoms with Crippen molar-refractivity contribution >= 4 is 9.84 Å². The molecule has 0 amide bonds. The Balaban J connectivity index is 2.24. The van der Waals surface area contributed by atoms with Crippen LogP contribution in [0.1, 0.15) is 5.56 Å². The lowest BCUT2D eigenvalue weighted by atomic mass is 10.2. The predicted molar refractivity (Wildman–Crippen MR) is 71.9 cm³/mol. The highest BCUT2D eigenvalue weighted by molar-refractivity contribution is 7.90. The summed E-state index contributed by atoms with van der Waals surface area (Å²) in [4.78, 5) is 0.181. The van der Waals surface area contributed by atoms with Crippen molar-refractivity contribution in [3.05, 3.63) is 53.8 Å². The Hall–Kier alpha value is -1.92. The van der Waals surface area contributed by atoms with Gasteiger partial charge in [-0.25, -0.2) is 12.8 Å². The number of ether oxygens (including phenoxy) is 1. The van der Waals surface area contributed by atoms with Crippen molar-refractivity contribution in [3.63, 3.8) is 0 Å². The second kappa shape index (κ2) is 5.60. The molecule has 0 aliphatic rings. The second-order valence-electron chi connectivity index (χ2n) is 4.30. The SMILES string of the molecule is CS(=O)(=O)c1ccc(Oc2cc(F)cc(CO)c2)cc1. The van der Waals surface area contributed by atoms with Crippen molar-refractivity contribution in [2.24, 2.45) is 0 Å². The standard InChI is InChI=1S/C14H13FO4S/c1-20(17,18)14-4-2-12(3-5-14)19-13-7-10(9-16)6-11(15)8-13/h2-8,16H,9H2,1H3. The van der Waals surface area contributed by atoms with Crippen LogP contribution in [0.15, 0.2) is 47.4 Å². The molecule has 0 unspecified atom stereocenters. The molecule has 1 N–H and O–H groups in total. The molecule has 106 valence electrons. The van der Waals surface area contributed by atoms with Gasteiger partial charge in [0.2, 0.25) is 0 Å². The fourth-order valence-electron chi connectivity index (χ4n) is 1.66. The predicted octanol–water partition coefficient (Wildman–Crippen LogP) is 2.51. The minimum Gasteiger partial charge on any atom is -0.457 e. The van der Waals surface area contributed by atoms with Crippen LogP contribution < -0.4 is 4.74 Å². The van der Waals surface area contributed by atoms with E-state index in [-0.39, 0.29) is 17.3 Å². The summed E-state index contributed by atoms with van der Waals surface area (Å²) in [7, 11) is -3.26. The van der Waals surface area contributed by atoms with Gasteiger partial charge in [0.1, 0.15) is 17.3 Å². The fraction of sp³-hybridized carbons (Fsp3) is 0.143. The molecule has 2 rings (SSSR count). The molecule has 0 atom stereocenters. The number of aliphatic hydroxyl groups is 1. The number of hydrogen-bond donors (Lipinski definition) is 1. The van der Waals surface area contributed by atoms with Crippen molar-refractivity contribution in [2.75, 3.05) is 6.26 Å². The van der Waals surface area contributed by atoms with Crippen LogP contribution in [-0.4, -0.2) is 19.8 Å². The van der Waals surface area contributed by atoms with Crippen molar-refractivity contribution in [3.8, 4) is 11.5 Å². The number of halogens is 1. The Morgan fingerprint density at radius 1 is 1.10 bits per heavy atom. The molecule has 0 heterocycles. The summed E-state index contributed by atoms with van der Waals surface area (Å²) in [6, 6.07) is 9.70. The number of rotatable bonds is 4. The summed E-state index contributed by atoms with van der Waals surface area (Å²) >= 11 is 0. The molecule has 2 aromatic carbocycles. The quantitative estimate of drug-likeness (QED) is 0.941. The van der Waals surface area contributed by atoms with Crippen LogP contribution in [-0.2, 0) is 16.4 Å². The zero-order valence-corrected chi connectivity index (χ0v) is 11.5. The van der Waals surface area contributed by atoms with Crippen LogP contribution in [0.3, 0.4) is 0 Å². The van der Waals surface area contributed by atoms with Gasteiger partial charge in [0.25, 0.3) is 0 Å². The number of hydrogen-bond acceptors (Lipinski definition) is 4. The lowest BCUT2D eigenvalue weighted by molar-refractivity contribution is 0.280. The molecular weight excluding hydrogens is 283 g/mol. The van der Waals surface area contributed by atoms with E-state index in [1.807, 2.05) is 0 Å². The smallest absolute Gasteiger partial charge is 0.175 e. The average molecular weight is 296 g/mol. The van der Waals surface area contributed by atoms with Gasteiger partial charge in [-0.3, -0.25) is 0 Å². The van der Waals surface area contributed by atoms with Gasteiger partial charge >= 0.3 is 0 Å². The maximum absolute atomic E-state index is 13.3. The van der Waals surface area contributed by atoms with E-state index in [9.17, 15) is 12.8 Å². The molecule has 0 aromatic heterocycles. The summed E-state index contributed by atoms with van der Waals surface area (Å²) in [6.45, 7) is -0.291. The highest BCUT2D eigenvalue weighted by Gasteiger charge is 2.07. The van der Waals surface area contributed by atoms with Crippen molar-refractivity contribution < 1.29 is 22.7 Å². The molecule has 0 bridgehead atoms. The summed E-state index contributed by atoms with van der Waals surface area (Å²) in [6.07, 6.45) is 1.11. The molecule has 0 spiro atoms. The first-order valence-electron chi connectivity index (χ1n) is 5.77. The first-order valence-corrected chi connectivity index (χ1v) is 7.66. The van der Waals surface area contributed by atoms with Gasteiger partial charge < -0.3 is 9.84 Å². The van der Waals surface area contributed by atoms with Crippen LogP contribution in [0.4, 0.5) is 4.39 Å². The first kappa shape index (κ1) is 14.5. The van der Waals surface area contributed by atoms with E-state index in [1.54, 1.807) is 0 Å². The summed E-state index contributed by atoms with van der Waals surface area (Å²) < 4.78 is 41.3. The first-order chi connectivity index (χ1) is 9.38. The minimum absolute atomic E-state index is 0.181. The monoisotopic (exact) mass is 296 g/mol.